The molecule has 1 amide bonds. The molecule has 0 radical (unpaired) electrons. The molecular weight excluding hydrogens is 431 g/mol. The van der Waals surface area contributed by atoms with Crippen LogP contribution in [0, 0.1) is 0 Å². The van der Waals surface area contributed by atoms with Crippen molar-refractivity contribution in [3.63, 3.8) is 0 Å². The molecule has 0 aliphatic carbocycles. The lowest BCUT2D eigenvalue weighted by atomic mass is 9.91. The zero-order chi connectivity index (χ0) is 21.6. The number of fused-ring (bicyclic) bond motifs is 1. The lowest BCUT2D eigenvalue weighted by Gasteiger charge is -2.25. The molecule has 2 aromatic carbocycles. The zero-order valence-corrected chi connectivity index (χ0v) is 18.2. The van der Waals surface area contributed by atoms with E-state index in [0.29, 0.717) is 28.1 Å². The molecule has 0 saturated heterocycles. The van der Waals surface area contributed by atoms with Gasteiger partial charge in [0.15, 0.2) is 0 Å². The molecule has 4 aromatic rings. The van der Waals surface area contributed by atoms with E-state index < -0.39 is 5.54 Å². The first-order valence-corrected chi connectivity index (χ1v) is 10.6. The molecule has 31 heavy (non-hydrogen) atoms. The second-order valence-electron chi connectivity index (χ2n) is 7.75. The molecule has 0 fully saturated rings. The molecule has 0 unspecified atom stereocenters. The van der Waals surface area contributed by atoms with Gasteiger partial charge in [0.25, 0.3) is 5.91 Å². The Kier molecular flexibility index (Phi) is 4.80. The Labute approximate surface area is 189 Å². The van der Waals surface area contributed by atoms with Crippen molar-refractivity contribution in [2.75, 3.05) is 4.90 Å². The Morgan fingerprint density at radius 1 is 0.968 bits per heavy atom. The van der Waals surface area contributed by atoms with Crippen LogP contribution in [0.5, 0.6) is 0 Å². The van der Waals surface area contributed by atoms with Gasteiger partial charge >= 0.3 is 0 Å². The van der Waals surface area contributed by atoms with E-state index >= 15 is 0 Å². The molecule has 5 rings (SSSR count). The normalized spacial score (nSPS) is 17.8. The molecular formula is C24H18Cl2N4O. The number of imidazole rings is 1. The molecule has 7 heteroatoms. The molecule has 154 valence electrons. The van der Waals surface area contributed by atoms with Gasteiger partial charge in [-0.25, -0.2) is 9.88 Å². The number of benzene rings is 2. The first kappa shape index (κ1) is 19.8. The monoisotopic (exact) mass is 448 g/mol. The number of pyridine rings is 1. The van der Waals surface area contributed by atoms with Crippen molar-refractivity contribution in [3.8, 4) is 11.1 Å². The van der Waals surface area contributed by atoms with E-state index in [0.717, 1.165) is 16.7 Å². The summed E-state index contributed by atoms with van der Waals surface area (Å²) in [7, 11) is 0. The Morgan fingerprint density at radius 2 is 1.71 bits per heavy atom. The second-order valence-corrected chi connectivity index (χ2v) is 8.63. The van der Waals surface area contributed by atoms with Crippen molar-refractivity contribution in [2.45, 2.75) is 18.9 Å². The van der Waals surface area contributed by atoms with Gasteiger partial charge in [-0.3, -0.25) is 9.78 Å². The highest BCUT2D eigenvalue weighted by atomic mass is 35.5. The average Bonchev–Trinajstić information content (AvgIpc) is 3.31. The van der Waals surface area contributed by atoms with Gasteiger partial charge in [0, 0.05) is 41.3 Å². The van der Waals surface area contributed by atoms with E-state index in [-0.39, 0.29) is 5.91 Å². The predicted molar refractivity (Wildman–Crippen MR) is 123 cm³/mol. The summed E-state index contributed by atoms with van der Waals surface area (Å²) in [5, 5.41) is 0.931. The van der Waals surface area contributed by atoms with Crippen LogP contribution in [-0.4, -0.2) is 20.4 Å². The summed E-state index contributed by atoms with van der Waals surface area (Å²) in [4.78, 5) is 23.8. The van der Waals surface area contributed by atoms with Crippen molar-refractivity contribution >= 4 is 40.7 Å². The summed E-state index contributed by atoms with van der Waals surface area (Å²) in [6.45, 7) is 1.93. The largest absolute Gasteiger partial charge is 0.301 e. The molecule has 1 atom stereocenters. The number of amides is 1. The van der Waals surface area contributed by atoms with E-state index in [4.69, 9.17) is 23.2 Å². The van der Waals surface area contributed by atoms with Crippen LogP contribution in [0.25, 0.3) is 11.1 Å². The second kappa shape index (κ2) is 7.52. The number of carbonyl (C=O) groups is 1. The average molecular weight is 449 g/mol. The topological polar surface area (TPSA) is 51.0 Å². The first-order chi connectivity index (χ1) is 15.0. The van der Waals surface area contributed by atoms with Crippen LogP contribution in [0.15, 0.2) is 79.4 Å². The van der Waals surface area contributed by atoms with Gasteiger partial charge in [-0.2, -0.15) is 0 Å². The lowest BCUT2D eigenvalue weighted by Crippen LogP contribution is -2.40. The highest BCUT2D eigenvalue weighted by molar-refractivity contribution is 6.35. The fourth-order valence-electron chi connectivity index (χ4n) is 4.09. The number of anilines is 2. The van der Waals surface area contributed by atoms with E-state index in [2.05, 4.69) is 34.2 Å². The number of rotatable bonds is 4. The number of nitrogens with zero attached hydrogens (tertiary/aromatic N) is 4. The summed E-state index contributed by atoms with van der Waals surface area (Å²) in [6, 6.07) is 17.2. The molecule has 0 N–H and O–H groups in total. The first-order valence-electron chi connectivity index (χ1n) is 9.79. The summed E-state index contributed by atoms with van der Waals surface area (Å²) < 4.78 is 1.92. The predicted octanol–water partition coefficient (Wildman–Crippen LogP) is 5.89. The van der Waals surface area contributed by atoms with Crippen LogP contribution in [0.2, 0.25) is 10.0 Å². The standard InChI is InChI=1S/C24H18Cl2N4O/c1-24(14-16-4-6-17(7-5-16)18-3-2-8-27-15-18)22(31)30(23-28-9-10-29(23)24)21-12-19(25)11-20(26)13-21/h2-13,15H,14H2,1H3/t24-/m1/s1. The van der Waals surface area contributed by atoms with Crippen LogP contribution in [0.1, 0.15) is 12.5 Å². The minimum atomic E-state index is -0.823. The van der Waals surface area contributed by atoms with Crippen molar-refractivity contribution in [3.05, 3.63) is 95.0 Å². The molecule has 0 spiro atoms. The molecule has 0 saturated carbocycles. The molecule has 2 aromatic heterocycles. The van der Waals surface area contributed by atoms with Gasteiger partial charge in [0.05, 0.1) is 5.69 Å². The molecule has 3 heterocycles. The summed E-state index contributed by atoms with van der Waals surface area (Å²) in [5.41, 5.74) is 2.97. The summed E-state index contributed by atoms with van der Waals surface area (Å²) in [5.74, 6) is 0.475. The SMILES string of the molecule is C[C@@]1(Cc2ccc(-c3cccnc3)cc2)C(=O)N(c2cc(Cl)cc(Cl)c2)c2nccn21. The summed E-state index contributed by atoms with van der Waals surface area (Å²) in [6.07, 6.45) is 7.65. The minimum Gasteiger partial charge on any atom is -0.301 e. The number of carbonyl (C=O) groups excluding carboxylic acids is 1. The quantitative estimate of drug-likeness (QED) is 0.391. The third-order valence-corrected chi connectivity index (χ3v) is 6.06. The number of hydrogen-bond acceptors (Lipinski definition) is 3. The van der Waals surface area contributed by atoms with E-state index in [1.165, 1.54) is 0 Å². The van der Waals surface area contributed by atoms with Gasteiger partial charge in [0.2, 0.25) is 5.95 Å². The van der Waals surface area contributed by atoms with E-state index in [1.54, 1.807) is 35.5 Å². The van der Waals surface area contributed by atoms with Crippen LogP contribution in [0.4, 0.5) is 11.6 Å². The maximum absolute atomic E-state index is 13.6. The lowest BCUT2D eigenvalue weighted by molar-refractivity contribution is -0.123. The third-order valence-electron chi connectivity index (χ3n) is 5.62. The van der Waals surface area contributed by atoms with Crippen LogP contribution in [-0.2, 0) is 16.8 Å². The Balaban J connectivity index is 1.49. The van der Waals surface area contributed by atoms with Gasteiger partial charge in [0.1, 0.15) is 5.54 Å². The number of aromatic nitrogens is 3. The highest BCUT2D eigenvalue weighted by Gasteiger charge is 2.48. The van der Waals surface area contributed by atoms with Crippen molar-refractivity contribution < 1.29 is 4.79 Å². The van der Waals surface area contributed by atoms with Crippen LogP contribution < -0.4 is 4.90 Å². The summed E-state index contributed by atoms with van der Waals surface area (Å²) >= 11 is 12.4. The van der Waals surface area contributed by atoms with Crippen molar-refractivity contribution in [1.29, 1.82) is 0 Å². The van der Waals surface area contributed by atoms with Gasteiger partial charge < -0.3 is 4.57 Å². The van der Waals surface area contributed by atoms with Crippen LogP contribution >= 0.6 is 23.2 Å². The van der Waals surface area contributed by atoms with E-state index in [1.807, 2.05) is 36.0 Å². The van der Waals surface area contributed by atoms with E-state index in [9.17, 15) is 4.79 Å². The fourth-order valence-corrected chi connectivity index (χ4v) is 4.60. The Morgan fingerprint density at radius 3 is 2.39 bits per heavy atom. The Hall–Kier alpha value is -3.15. The van der Waals surface area contributed by atoms with Gasteiger partial charge in [-0.05, 0) is 47.9 Å². The molecule has 0 bridgehead atoms. The molecule has 5 nitrogen and oxygen atoms in total. The highest BCUT2D eigenvalue weighted by Crippen LogP contribution is 2.42. The zero-order valence-electron chi connectivity index (χ0n) is 16.7. The van der Waals surface area contributed by atoms with Crippen LogP contribution in [0.3, 0.4) is 0 Å². The third kappa shape index (κ3) is 3.40. The Bertz CT molecular complexity index is 1250. The minimum absolute atomic E-state index is 0.0785. The maximum atomic E-state index is 13.6. The van der Waals surface area contributed by atoms with Gasteiger partial charge in [-0.1, -0.05) is 53.5 Å². The smallest absolute Gasteiger partial charge is 0.260 e. The number of halogens is 2. The van der Waals surface area contributed by atoms with Gasteiger partial charge in [-0.15, -0.1) is 0 Å². The molecule has 1 aliphatic heterocycles. The fraction of sp³-hybridized carbons (Fsp3) is 0.125. The van der Waals surface area contributed by atoms with Crippen molar-refractivity contribution in [2.24, 2.45) is 0 Å². The molecule has 1 aliphatic rings. The maximum Gasteiger partial charge on any atom is 0.260 e. The number of hydrogen-bond donors (Lipinski definition) is 0. The van der Waals surface area contributed by atoms with Crippen molar-refractivity contribution in [1.82, 2.24) is 14.5 Å².